The number of thioether (sulfide) groups is 1. The normalized spacial score (nSPS) is 19.8. The van der Waals surface area contributed by atoms with E-state index in [0.29, 0.717) is 4.90 Å². The molecule has 2 rings (SSSR count). The molecule has 1 heterocycles. The third-order valence-electron chi connectivity index (χ3n) is 2.30. The van der Waals surface area contributed by atoms with E-state index < -0.39 is 29.0 Å². The van der Waals surface area contributed by atoms with Crippen molar-refractivity contribution >= 4 is 23.8 Å². The van der Waals surface area contributed by atoms with E-state index in [1.165, 1.54) is 6.07 Å². The van der Waals surface area contributed by atoms with Gasteiger partial charge in [0.15, 0.2) is 11.6 Å². The Morgan fingerprint density at radius 2 is 2.12 bits per heavy atom. The van der Waals surface area contributed by atoms with E-state index in [4.69, 9.17) is 5.11 Å². The Bertz CT molecular complexity index is 494. The molecular formula is C10H7F2NO3S. The lowest BCUT2D eigenvalue weighted by Crippen LogP contribution is -2.33. The van der Waals surface area contributed by atoms with Crippen LogP contribution in [0.4, 0.5) is 13.6 Å². The van der Waals surface area contributed by atoms with Crippen LogP contribution in [0.25, 0.3) is 0 Å². The molecule has 0 radical (unpaired) electrons. The zero-order valence-corrected chi connectivity index (χ0v) is 9.21. The number of imide groups is 1. The summed E-state index contributed by atoms with van der Waals surface area (Å²) in [6, 6.07) is 3.08. The topological polar surface area (TPSA) is 57.6 Å². The number of rotatable bonds is 1. The van der Waals surface area contributed by atoms with Crippen LogP contribution < -0.4 is 0 Å². The predicted molar refractivity (Wildman–Crippen MR) is 56.4 cm³/mol. The SMILES string of the molecule is O=C(O)N1C(=O)CSC1c1ccc(F)c(F)c1. The Kier molecular flexibility index (Phi) is 3.01. The zero-order chi connectivity index (χ0) is 12.6. The first-order chi connectivity index (χ1) is 8.00. The highest BCUT2D eigenvalue weighted by atomic mass is 32.2. The molecular weight excluding hydrogens is 252 g/mol. The standard InChI is InChI=1S/C10H7F2NO3S/c11-6-2-1-5(3-7(6)12)9-13(10(15)16)8(14)4-17-9/h1-3,9H,4H2,(H,15,16). The second-order valence-electron chi connectivity index (χ2n) is 3.38. The number of carboxylic acid groups (broad SMARTS) is 1. The number of hydrogen-bond acceptors (Lipinski definition) is 3. The molecule has 1 saturated heterocycles. The maximum atomic E-state index is 13.0. The van der Waals surface area contributed by atoms with E-state index in [-0.39, 0.29) is 11.3 Å². The maximum Gasteiger partial charge on any atom is 0.415 e. The molecule has 7 heteroatoms. The van der Waals surface area contributed by atoms with Crippen LogP contribution in [-0.2, 0) is 4.79 Å². The van der Waals surface area contributed by atoms with E-state index in [1.54, 1.807) is 0 Å². The molecule has 1 aliphatic heterocycles. The second kappa shape index (κ2) is 4.33. The van der Waals surface area contributed by atoms with Crippen LogP contribution in [0.15, 0.2) is 18.2 Å². The van der Waals surface area contributed by atoms with E-state index in [2.05, 4.69) is 0 Å². The average Bonchev–Trinajstić information content (AvgIpc) is 2.64. The fourth-order valence-electron chi connectivity index (χ4n) is 1.54. The van der Waals surface area contributed by atoms with Gasteiger partial charge in [0, 0.05) is 0 Å². The molecule has 0 aliphatic carbocycles. The van der Waals surface area contributed by atoms with E-state index in [0.717, 1.165) is 23.9 Å². The number of amides is 2. The van der Waals surface area contributed by atoms with Gasteiger partial charge in [0.25, 0.3) is 0 Å². The Morgan fingerprint density at radius 3 is 2.71 bits per heavy atom. The maximum absolute atomic E-state index is 13.0. The lowest BCUT2D eigenvalue weighted by molar-refractivity contribution is -0.125. The Labute approximate surface area is 99.2 Å². The van der Waals surface area contributed by atoms with Gasteiger partial charge in [-0.25, -0.2) is 18.5 Å². The Hall–Kier alpha value is -1.63. The number of nitrogens with zero attached hydrogens (tertiary/aromatic N) is 1. The third-order valence-corrected chi connectivity index (χ3v) is 3.52. The molecule has 1 atom stereocenters. The van der Waals surface area contributed by atoms with Crippen molar-refractivity contribution in [2.75, 3.05) is 5.75 Å². The fourth-order valence-corrected chi connectivity index (χ4v) is 2.68. The number of halogens is 2. The van der Waals surface area contributed by atoms with Crippen LogP contribution in [0.3, 0.4) is 0 Å². The van der Waals surface area contributed by atoms with Gasteiger partial charge < -0.3 is 5.11 Å². The van der Waals surface area contributed by atoms with Gasteiger partial charge in [0.1, 0.15) is 5.37 Å². The number of hydrogen-bond donors (Lipinski definition) is 1. The van der Waals surface area contributed by atoms with Crippen molar-refractivity contribution in [3.8, 4) is 0 Å². The molecule has 1 aliphatic rings. The first kappa shape index (κ1) is 11.8. The van der Waals surface area contributed by atoms with Gasteiger partial charge in [-0.2, -0.15) is 0 Å². The summed E-state index contributed by atoms with van der Waals surface area (Å²) >= 11 is 1.06. The summed E-state index contributed by atoms with van der Waals surface area (Å²) in [5.41, 5.74) is 0.252. The minimum atomic E-state index is -1.39. The van der Waals surface area contributed by atoms with E-state index in [1.807, 2.05) is 0 Å². The summed E-state index contributed by atoms with van der Waals surface area (Å²) in [5.74, 6) is -2.62. The van der Waals surface area contributed by atoms with Crippen LogP contribution in [0.1, 0.15) is 10.9 Å². The highest BCUT2D eigenvalue weighted by Gasteiger charge is 2.37. The highest BCUT2D eigenvalue weighted by molar-refractivity contribution is 8.00. The van der Waals surface area contributed by atoms with E-state index in [9.17, 15) is 18.4 Å². The van der Waals surface area contributed by atoms with Crippen molar-refractivity contribution in [3.05, 3.63) is 35.4 Å². The van der Waals surface area contributed by atoms with E-state index >= 15 is 0 Å². The lowest BCUT2D eigenvalue weighted by atomic mass is 10.2. The Balaban J connectivity index is 2.36. The van der Waals surface area contributed by atoms with Gasteiger partial charge in [0.05, 0.1) is 5.75 Å². The van der Waals surface area contributed by atoms with Gasteiger partial charge in [-0.1, -0.05) is 6.07 Å². The summed E-state index contributed by atoms with van der Waals surface area (Å²) in [6.45, 7) is 0. The van der Waals surface area contributed by atoms with Gasteiger partial charge in [-0.3, -0.25) is 4.79 Å². The molecule has 1 N–H and O–H groups in total. The number of carbonyl (C=O) groups excluding carboxylic acids is 1. The Morgan fingerprint density at radius 1 is 1.41 bits per heavy atom. The molecule has 2 amide bonds. The number of carbonyl (C=O) groups is 2. The van der Waals surface area contributed by atoms with Gasteiger partial charge in [0.2, 0.25) is 5.91 Å². The fraction of sp³-hybridized carbons (Fsp3) is 0.200. The molecule has 0 aromatic heterocycles. The summed E-state index contributed by atoms with van der Waals surface area (Å²) in [4.78, 5) is 22.8. The zero-order valence-electron chi connectivity index (χ0n) is 8.39. The van der Waals surface area contributed by atoms with Crippen LogP contribution in [0, 0.1) is 11.6 Å². The highest BCUT2D eigenvalue weighted by Crippen LogP contribution is 2.38. The van der Waals surface area contributed by atoms with Gasteiger partial charge in [-0.15, -0.1) is 11.8 Å². The first-order valence-electron chi connectivity index (χ1n) is 4.62. The van der Waals surface area contributed by atoms with Crippen LogP contribution in [-0.4, -0.2) is 27.8 Å². The van der Waals surface area contributed by atoms with Crippen molar-refractivity contribution in [1.29, 1.82) is 0 Å². The summed E-state index contributed by atoms with van der Waals surface area (Å²) in [5, 5.41) is 8.05. The van der Waals surface area contributed by atoms with Gasteiger partial charge >= 0.3 is 6.09 Å². The molecule has 1 aromatic carbocycles. The minimum Gasteiger partial charge on any atom is -0.465 e. The van der Waals surface area contributed by atoms with Gasteiger partial charge in [-0.05, 0) is 17.7 Å². The molecule has 4 nitrogen and oxygen atoms in total. The van der Waals surface area contributed by atoms with Crippen molar-refractivity contribution in [3.63, 3.8) is 0 Å². The van der Waals surface area contributed by atoms with Crippen molar-refractivity contribution in [1.82, 2.24) is 4.90 Å². The molecule has 1 unspecified atom stereocenters. The third kappa shape index (κ3) is 2.10. The summed E-state index contributed by atoms with van der Waals surface area (Å²) < 4.78 is 25.8. The number of benzene rings is 1. The van der Waals surface area contributed by atoms with Crippen LogP contribution >= 0.6 is 11.8 Å². The second-order valence-corrected chi connectivity index (χ2v) is 4.45. The molecule has 0 bridgehead atoms. The van der Waals surface area contributed by atoms with Crippen molar-refractivity contribution in [2.45, 2.75) is 5.37 Å². The molecule has 0 spiro atoms. The largest absolute Gasteiger partial charge is 0.465 e. The predicted octanol–water partition coefficient (Wildman–Crippen LogP) is 2.22. The molecule has 1 fully saturated rings. The molecule has 1 aromatic rings. The average molecular weight is 259 g/mol. The monoisotopic (exact) mass is 259 g/mol. The first-order valence-corrected chi connectivity index (χ1v) is 5.67. The molecule has 17 heavy (non-hydrogen) atoms. The molecule has 0 saturated carbocycles. The minimum absolute atomic E-state index is 0.00988. The van der Waals surface area contributed by atoms with Crippen molar-refractivity contribution < 1.29 is 23.5 Å². The van der Waals surface area contributed by atoms with Crippen LogP contribution in [0.2, 0.25) is 0 Å². The van der Waals surface area contributed by atoms with Crippen molar-refractivity contribution in [2.24, 2.45) is 0 Å². The quantitative estimate of drug-likeness (QED) is 0.840. The molecule has 90 valence electrons. The lowest BCUT2D eigenvalue weighted by Gasteiger charge is -2.18. The smallest absolute Gasteiger partial charge is 0.415 e. The summed E-state index contributed by atoms with van der Waals surface area (Å²) in [7, 11) is 0. The summed E-state index contributed by atoms with van der Waals surface area (Å²) in [6.07, 6.45) is -1.39. The van der Waals surface area contributed by atoms with Crippen LogP contribution in [0.5, 0.6) is 0 Å².